The molecule has 1 saturated carbocycles. The normalized spacial score (nSPS) is 15.8. The Balaban J connectivity index is 1.93. The monoisotopic (exact) mass is 335 g/mol. The van der Waals surface area contributed by atoms with Crippen molar-refractivity contribution in [3.8, 4) is 0 Å². The summed E-state index contributed by atoms with van der Waals surface area (Å²) in [4.78, 5) is 26.1. The number of rotatable bonds is 4. The van der Waals surface area contributed by atoms with Crippen LogP contribution in [0.2, 0.25) is 0 Å². The van der Waals surface area contributed by atoms with Crippen molar-refractivity contribution in [2.45, 2.75) is 52.0 Å². The Labute approximate surface area is 149 Å². The van der Waals surface area contributed by atoms with Crippen LogP contribution in [0.25, 0.3) is 0 Å². The minimum Gasteiger partial charge on any atom is -0.339 e. The first-order chi connectivity index (χ1) is 11.9. The van der Waals surface area contributed by atoms with Gasteiger partial charge in [0, 0.05) is 11.1 Å². The van der Waals surface area contributed by atoms with Gasteiger partial charge < -0.3 is 5.32 Å². The van der Waals surface area contributed by atoms with Gasteiger partial charge in [-0.25, -0.2) is 0 Å². The average Bonchev–Trinajstić information content (AvgIpc) is 3.03. The third kappa shape index (κ3) is 3.51. The fourth-order valence-corrected chi connectivity index (χ4v) is 3.88. The molecule has 0 saturated heterocycles. The smallest absolute Gasteiger partial charge is 0.252 e. The van der Waals surface area contributed by atoms with Crippen LogP contribution >= 0.6 is 0 Å². The van der Waals surface area contributed by atoms with Crippen LogP contribution in [0, 0.1) is 20.8 Å². The zero-order valence-corrected chi connectivity index (χ0v) is 15.2. The predicted molar refractivity (Wildman–Crippen MR) is 100 cm³/mol. The van der Waals surface area contributed by atoms with Gasteiger partial charge in [0.1, 0.15) is 5.54 Å². The van der Waals surface area contributed by atoms with Gasteiger partial charge in [-0.05, 0) is 57.4 Å². The Hall–Kier alpha value is -2.42. The van der Waals surface area contributed by atoms with Gasteiger partial charge in [-0.1, -0.05) is 48.2 Å². The van der Waals surface area contributed by atoms with Crippen LogP contribution in [-0.4, -0.2) is 17.2 Å². The Morgan fingerprint density at radius 2 is 1.52 bits per heavy atom. The van der Waals surface area contributed by atoms with Gasteiger partial charge >= 0.3 is 0 Å². The molecular formula is C22H25NO2. The molecule has 0 radical (unpaired) electrons. The Bertz CT molecular complexity index is 796. The van der Waals surface area contributed by atoms with E-state index < -0.39 is 5.54 Å². The van der Waals surface area contributed by atoms with Gasteiger partial charge in [-0.15, -0.1) is 0 Å². The van der Waals surface area contributed by atoms with E-state index in [4.69, 9.17) is 0 Å². The lowest BCUT2D eigenvalue weighted by Gasteiger charge is -2.29. The van der Waals surface area contributed by atoms with Crippen LogP contribution in [0.4, 0.5) is 0 Å². The third-order valence-electron chi connectivity index (χ3n) is 5.12. The van der Waals surface area contributed by atoms with Crippen LogP contribution < -0.4 is 5.32 Å². The lowest BCUT2D eigenvalue weighted by Crippen LogP contribution is -2.52. The first-order valence-electron chi connectivity index (χ1n) is 8.92. The largest absolute Gasteiger partial charge is 0.339 e. The number of nitrogens with one attached hydrogen (secondary N) is 1. The van der Waals surface area contributed by atoms with Gasteiger partial charge in [0.05, 0.1) is 0 Å². The van der Waals surface area contributed by atoms with Crippen molar-refractivity contribution in [2.75, 3.05) is 0 Å². The molecule has 3 rings (SSSR count). The van der Waals surface area contributed by atoms with Gasteiger partial charge in [-0.3, -0.25) is 9.59 Å². The molecule has 1 N–H and O–H groups in total. The molecule has 0 heterocycles. The highest BCUT2D eigenvalue weighted by atomic mass is 16.2. The summed E-state index contributed by atoms with van der Waals surface area (Å²) in [7, 11) is 0. The van der Waals surface area contributed by atoms with E-state index >= 15 is 0 Å². The van der Waals surface area contributed by atoms with E-state index in [1.807, 2.05) is 57.2 Å². The molecule has 25 heavy (non-hydrogen) atoms. The number of hydrogen-bond donors (Lipinski definition) is 1. The summed E-state index contributed by atoms with van der Waals surface area (Å²) in [6.07, 6.45) is 3.34. The second-order valence-corrected chi connectivity index (χ2v) is 7.26. The molecule has 0 atom stereocenters. The summed E-state index contributed by atoms with van der Waals surface area (Å²) >= 11 is 0. The Morgan fingerprint density at radius 1 is 0.920 bits per heavy atom. The predicted octanol–water partition coefficient (Wildman–Crippen LogP) is 4.54. The Morgan fingerprint density at radius 3 is 2.12 bits per heavy atom. The molecule has 0 aromatic heterocycles. The summed E-state index contributed by atoms with van der Waals surface area (Å²) in [5, 5.41) is 3.10. The van der Waals surface area contributed by atoms with Gasteiger partial charge in [0.25, 0.3) is 5.91 Å². The van der Waals surface area contributed by atoms with E-state index in [0.717, 1.165) is 29.5 Å². The van der Waals surface area contributed by atoms with Crippen molar-refractivity contribution < 1.29 is 9.59 Å². The molecule has 1 aliphatic rings. The first kappa shape index (κ1) is 17.4. The lowest BCUT2D eigenvalue weighted by molar-refractivity contribution is 0.0769. The summed E-state index contributed by atoms with van der Waals surface area (Å²) < 4.78 is 0. The summed E-state index contributed by atoms with van der Waals surface area (Å²) in [5.74, 6) is -0.114. The minimum absolute atomic E-state index is 0.0405. The molecule has 130 valence electrons. The molecule has 3 heteroatoms. The second kappa shape index (κ2) is 6.83. The molecular weight excluding hydrogens is 310 g/mol. The average molecular weight is 335 g/mol. The van der Waals surface area contributed by atoms with Crippen LogP contribution in [0.3, 0.4) is 0 Å². The second-order valence-electron chi connectivity index (χ2n) is 7.26. The maximum atomic E-state index is 13.3. The van der Waals surface area contributed by atoms with Gasteiger partial charge in [0.15, 0.2) is 5.78 Å². The van der Waals surface area contributed by atoms with E-state index in [2.05, 4.69) is 11.4 Å². The van der Waals surface area contributed by atoms with Crippen molar-refractivity contribution in [3.63, 3.8) is 0 Å². The first-order valence-corrected chi connectivity index (χ1v) is 8.92. The molecule has 0 aliphatic heterocycles. The number of ketones is 1. The molecule has 0 spiro atoms. The quantitative estimate of drug-likeness (QED) is 0.834. The molecule has 0 bridgehead atoms. The molecule has 1 fully saturated rings. The van der Waals surface area contributed by atoms with Crippen molar-refractivity contribution in [1.82, 2.24) is 5.32 Å². The van der Waals surface area contributed by atoms with E-state index in [0.29, 0.717) is 24.0 Å². The van der Waals surface area contributed by atoms with Crippen molar-refractivity contribution >= 4 is 11.7 Å². The van der Waals surface area contributed by atoms with E-state index in [9.17, 15) is 9.59 Å². The van der Waals surface area contributed by atoms with Crippen LogP contribution in [0.5, 0.6) is 0 Å². The van der Waals surface area contributed by atoms with Crippen molar-refractivity contribution in [1.29, 1.82) is 0 Å². The number of amides is 1. The fraction of sp³-hybridized carbons (Fsp3) is 0.364. The molecule has 0 unspecified atom stereocenters. The zero-order chi connectivity index (χ0) is 18.0. The summed E-state index contributed by atoms with van der Waals surface area (Å²) in [6, 6.07) is 13.4. The van der Waals surface area contributed by atoms with Crippen LogP contribution in [-0.2, 0) is 0 Å². The number of aryl methyl sites for hydroxylation is 3. The van der Waals surface area contributed by atoms with Gasteiger partial charge in [0.2, 0.25) is 0 Å². The molecule has 3 nitrogen and oxygen atoms in total. The van der Waals surface area contributed by atoms with Gasteiger partial charge in [-0.2, -0.15) is 0 Å². The number of hydrogen-bond acceptors (Lipinski definition) is 2. The minimum atomic E-state index is -0.778. The molecule has 1 aliphatic carbocycles. The lowest BCUT2D eigenvalue weighted by atomic mass is 9.86. The van der Waals surface area contributed by atoms with Crippen molar-refractivity contribution in [3.05, 3.63) is 70.3 Å². The zero-order valence-electron chi connectivity index (χ0n) is 15.2. The fourth-order valence-electron chi connectivity index (χ4n) is 3.88. The topological polar surface area (TPSA) is 46.2 Å². The number of carbonyl (C=O) groups excluding carboxylic acids is 2. The molecule has 2 aromatic rings. The standard InChI is InChI=1S/C22H25NO2/c1-15-12-16(2)14-18(13-15)20(24)22(10-6-7-11-22)23-21(25)19-9-5-4-8-17(19)3/h4-5,8-9,12-14H,6-7,10-11H2,1-3H3,(H,23,25). The molecule has 2 aromatic carbocycles. The number of benzene rings is 2. The van der Waals surface area contributed by atoms with Crippen LogP contribution in [0.1, 0.15) is 63.1 Å². The highest BCUT2D eigenvalue weighted by molar-refractivity contribution is 6.07. The highest BCUT2D eigenvalue weighted by Gasteiger charge is 2.43. The van der Waals surface area contributed by atoms with Crippen LogP contribution in [0.15, 0.2) is 42.5 Å². The maximum Gasteiger partial charge on any atom is 0.252 e. The highest BCUT2D eigenvalue weighted by Crippen LogP contribution is 2.33. The van der Waals surface area contributed by atoms with E-state index in [1.54, 1.807) is 0 Å². The number of Topliss-reactive ketones (excluding diaryl/α,β-unsaturated/α-hetero) is 1. The summed E-state index contributed by atoms with van der Waals surface area (Å²) in [6.45, 7) is 5.91. The SMILES string of the molecule is Cc1cc(C)cc(C(=O)C2(NC(=O)c3ccccc3C)CCCC2)c1. The van der Waals surface area contributed by atoms with Crippen molar-refractivity contribution in [2.24, 2.45) is 0 Å². The molecule has 1 amide bonds. The third-order valence-corrected chi connectivity index (χ3v) is 5.12. The Kier molecular flexibility index (Phi) is 4.76. The van der Waals surface area contributed by atoms with E-state index in [1.165, 1.54) is 0 Å². The van der Waals surface area contributed by atoms with E-state index in [-0.39, 0.29) is 11.7 Å². The number of carbonyl (C=O) groups is 2. The maximum absolute atomic E-state index is 13.3. The summed E-state index contributed by atoms with van der Waals surface area (Å²) in [5.41, 5.74) is 3.63.